The van der Waals surface area contributed by atoms with Crippen LogP contribution in [0, 0.1) is 0 Å². The number of amides is 2. The molecule has 1 aliphatic heterocycles. The van der Waals surface area contributed by atoms with Crippen LogP contribution in [0.4, 0.5) is 5.69 Å². The fraction of sp³-hybridized carbons (Fsp3) is 0. The lowest BCUT2D eigenvalue weighted by Gasteiger charge is -2.29. The summed E-state index contributed by atoms with van der Waals surface area (Å²) >= 11 is 23.4. The first kappa shape index (κ1) is 20.6. The van der Waals surface area contributed by atoms with Gasteiger partial charge in [0.25, 0.3) is 11.8 Å². The Balaban J connectivity index is 1.70. The number of halogens is 3. The van der Waals surface area contributed by atoms with E-state index in [4.69, 9.17) is 51.4 Å². The highest BCUT2D eigenvalue weighted by Gasteiger charge is 2.36. The molecule has 4 rings (SSSR count). The number of furan rings is 1. The van der Waals surface area contributed by atoms with Crippen LogP contribution in [0.15, 0.2) is 64.6 Å². The predicted molar refractivity (Wildman–Crippen MR) is 122 cm³/mol. The minimum atomic E-state index is -0.641. The quantitative estimate of drug-likeness (QED) is 0.297. The van der Waals surface area contributed by atoms with Gasteiger partial charge in [0.1, 0.15) is 17.1 Å². The van der Waals surface area contributed by atoms with E-state index < -0.39 is 11.8 Å². The lowest BCUT2D eigenvalue weighted by atomic mass is 10.1. The third kappa shape index (κ3) is 3.87. The number of nitrogens with zero attached hydrogens (tertiary/aromatic N) is 1. The largest absolute Gasteiger partial charge is 0.457 e. The number of nitrogens with one attached hydrogen (secondary N) is 1. The van der Waals surface area contributed by atoms with E-state index in [-0.39, 0.29) is 26.4 Å². The van der Waals surface area contributed by atoms with Crippen molar-refractivity contribution in [2.45, 2.75) is 0 Å². The second kappa shape index (κ2) is 8.24. The average Bonchev–Trinajstić information content (AvgIpc) is 3.17. The predicted octanol–water partition coefficient (Wildman–Crippen LogP) is 5.74. The Labute approximate surface area is 191 Å². The van der Waals surface area contributed by atoms with Crippen molar-refractivity contribution < 1.29 is 14.0 Å². The molecule has 0 atom stereocenters. The normalized spacial score (nSPS) is 15.6. The van der Waals surface area contributed by atoms with Crippen molar-refractivity contribution in [2.75, 3.05) is 4.90 Å². The topological polar surface area (TPSA) is 62.6 Å². The van der Waals surface area contributed by atoms with Crippen LogP contribution in [0.5, 0.6) is 0 Å². The van der Waals surface area contributed by atoms with Crippen LogP contribution in [0.1, 0.15) is 5.76 Å². The Hall–Kier alpha value is -2.64. The zero-order valence-corrected chi connectivity index (χ0v) is 18.1. The molecule has 0 bridgehead atoms. The summed E-state index contributed by atoms with van der Waals surface area (Å²) in [5, 5.41) is 3.41. The van der Waals surface area contributed by atoms with Crippen molar-refractivity contribution >= 4 is 75.7 Å². The standard InChI is InChI=1S/C21H11Cl3N2O3S/c22-12-6-4-11(5-7-12)17-9-8-13(29-17)10-14-19(27)25-21(30)26(20(14)28)16-3-1-2-15(23)18(16)24/h1-10H,(H,25,27,30)/b14-10+. The molecule has 0 aliphatic carbocycles. The van der Waals surface area contributed by atoms with Gasteiger partial charge in [-0.3, -0.25) is 19.8 Å². The lowest BCUT2D eigenvalue weighted by molar-refractivity contribution is -0.122. The summed E-state index contributed by atoms with van der Waals surface area (Å²) in [6.07, 6.45) is 1.35. The Bertz CT molecular complexity index is 1220. The summed E-state index contributed by atoms with van der Waals surface area (Å²) in [6.45, 7) is 0. The van der Waals surface area contributed by atoms with E-state index in [2.05, 4.69) is 5.32 Å². The van der Waals surface area contributed by atoms with Gasteiger partial charge in [0.05, 0.1) is 15.7 Å². The molecular formula is C21H11Cl3N2O3S. The molecule has 9 heteroatoms. The molecule has 5 nitrogen and oxygen atoms in total. The SMILES string of the molecule is O=C1NC(=S)N(c2cccc(Cl)c2Cl)C(=O)/C1=C/c1ccc(-c2ccc(Cl)cc2)o1. The van der Waals surface area contributed by atoms with E-state index in [1.807, 2.05) is 0 Å². The maximum Gasteiger partial charge on any atom is 0.270 e. The molecule has 1 fully saturated rings. The van der Waals surface area contributed by atoms with Gasteiger partial charge in [0, 0.05) is 10.6 Å². The van der Waals surface area contributed by atoms with Gasteiger partial charge in [-0.05, 0) is 66.8 Å². The Morgan fingerprint density at radius 2 is 1.70 bits per heavy atom. The number of carbonyl (C=O) groups is 2. The van der Waals surface area contributed by atoms with Gasteiger partial charge >= 0.3 is 0 Å². The Morgan fingerprint density at radius 3 is 2.43 bits per heavy atom. The molecular weight excluding hydrogens is 467 g/mol. The summed E-state index contributed by atoms with van der Waals surface area (Å²) in [7, 11) is 0. The van der Waals surface area contributed by atoms with Gasteiger partial charge in [-0.15, -0.1) is 0 Å². The number of benzene rings is 2. The second-order valence-corrected chi connectivity index (χ2v) is 7.85. The number of anilines is 1. The lowest BCUT2D eigenvalue weighted by Crippen LogP contribution is -2.54. The third-order valence-corrected chi connectivity index (χ3v) is 5.66. The van der Waals surface area contributed by atoms with Crippen molar-refractivity contribution in [3.8, 4) is 11.3 Å². The molecule has 0 spiro atoms. The first-order valence-corrected chi connectivity index (χ1v) is 10.1. The first-order valence-electron chi connectivity index (χ1n) is 8.56. The van der Waals surface area contributed by atoms with E-state index >= 15 is 0 Å². The van der Waals surface area contributed by atoms with E-state index in [0.29, 0.717) is 16.5 Å². The number of thiocarbonyl (C=S) groups is 1. The molecule has 0 radical (unpaired) electrons. The average molecular weight is 478 g/mol. The van der Waals surface area contributed by atoms with Crippen LogP contribution in [0.2, 0.25) is 15.1 Å². The molecule has 150 valence electrons. The maximum absolute atomic E-state index is 13.1. The van der Waals surface area contributed by atoms with Crippen molar-refractivity contribution in [3.63, 3.8) is 0 Å². The zero-order valence-electron chi connectivity index (χ0n) is 15.0. The molecule has 2 heterocycles. The van der Waals surface area contributed by atoms with Crippen molar-refractivity contribution in [2.24, 2.45) is 0 Å². The highest BCUT2D eigenvalue weighted by molar-refractivity contribution is 7.80. The molecule has 0 unspecified atom stereocenters. The molecule has 0 saturated carbocycles. The molecule has 1 saturated heterocycles. The molecule has 30 heavy (non-hydrogen) atoms. The van der Waals surface area contributed by atoms with Crippen LogP contribution >= 0.6 is 47.0 Å². The summed E-state index contributed by atoms with van der Waals surface area (Å²) < 4.78 is 5.77. The molecule has 1 aliphatic rings. The van der Waals surface area contributed by atoms with Gasteiger partial charge in [0.15, 0.2) is 5.11 Å². The van der Waals surface area contributed by atoms with Crippen LogP contribution in [0.25, 0.3) is 17.4 Å². The highest BCUT2D eigenvalue weighted by Crippen LogP contribution is 2.34. The zero-order chi connectivity index (χ0) is 21.4. The fourth-order valence-electron chi connectivity index (χ4n) is 2.88. The molecule has 3 aromatic rings. The number of rotatable bonds is 3. The Kier molecular flexibility index (Phi) is 5.66. The van der Waals surface area contributed by atoms with Crippen molar-refractivity contribution in [1.29, 1.82) is 0 Å². The van der Waals surface area contributed by atoms with E-state index in [1.165, 1.54) is 6.08 Å². The van der Waals surface area contributed by atoms with Gasteiger partial charge in [-0.2, -0.15) is 0 Å². The summed E-state index contributed by atoms with van der Waals surface area (Å²) in [5.74, 6) is -0.392. The first-order chi connectivity index (χ1) is 14.3. The van der Waals surface area contributed by atoms with Crippen LogP contribution in [-0.4, -0.2) is 16.9 Å². The minimum absolute atomic E-state index is 0.0902. The fourth-order valence-corrected chi connectivity index (χ4v) is 3.66. The van der Waals surface area contributed by atoms with E-state index in [1.54, 1.807) is 54.6 Å². The summed E-state index contributed by atoms with van der Waals surface area (Å²) in [6, 6.07) is 15.3. The second-order valence-electron chi connectivity index (χ2n) is 6.24. The monoisotopic (exact) mass is 476 g/mol. The molecule has 2 aromatic carbocycles. The maximum atomic E-state index is 13.1. The summed E-state index contributed by atoms with van der Waals surface area (Å²) in [5.41, 5.74) is 0.917. The van der Waals surface area contributed by atoms with Crippen LogP contribution in [-0.2, 0) is 9.59 Å². The smallest absolute Gasteiger partial charge is 0.270 e. The van der Waals surface area contributed by atoms with Gasteiger partial charge in [-0.25, -0.2) is 0 Å². The molecule has 1 N–H and O–H groups in total. The third-order valence-electron chi connectivity index (χ3n) is 4.32. The van der Waals surface area contributed by atoms with Crippen molar-refractivity contribution in [3.05, 3.63) is 81.0 Å². The van der Waals surface area contributed by atoms with Gasteiger partial charge in [0.2, 0.25) is 0 Å². The van der Waals surface area contributed by atoms with Crippen LogP contribution < -0.4 is 10.2 Å². The summed E-state index contributed by atoms with van der Waals surface area (Å²) in [4.78, 5) is 26.6. The minimum Gasteiger partial charge on any atom is -0.457 e. The van der Waals surface area contributed by atoms with E-state index in [9.17, 15) is 9.59 Å². The van der Waals surface area contributed by atoms with Gasteiger partial charge in [-0.1, -0.05) is 40.9 Å². The molecule has 1 aromatic heterocycles. The Morgan fingerprint density at radius 1 is 0.967 bits per heavy atom. The number of hydrogen-bond donors (Lipinski definition) is 1. The van der Waals surface area contributed by atoms with E-state index in [0.717, 1.165) is 10.5 Å². The van der Waals surface area contributed by atoms with Crippen LogP contribution in [0.3, 0.4) is 0 Å². The van der Waals surface area contributed by atoms with Crippen molar-refractivity contribution in [1.82, 2.24) is 5.32 Å². The number of carbonyl (C=O) groups excluding carboxylic acids is 2. The molecule has 2 amide bonds. The highest BCUT2D eigenvalue weighted by atomic mass is 35.5. The van der Waals surface area contributed by atoms with Gasteiger partial charge < -0.3 is 4.42 Å². The number of hydrogen-bond acceptors (Lipinski definition) is 4.